The highest BCUT2D eigenvalue weighted by Crippen LogP contribution is 2.37. The Morgan fingerprint density at radius 2 is 1.78 bits per heavy atom. The van der Waals surface area contributed by atoms with Gasteiger partial charge in [0.1, 0.15) is 21.8 Å². The molecular weight excluding hydrogens is 488 g/mol. The van der Waals surface area contributed by atoms with E-state index in [0.29, 0.717) is 39.7 Å². The van der Waals surface area contributed by atoms with Crippen molar-refractivity contribution in [2.75, 3.05) is 18.0 Å². The summed E-state index contributed by atoms with van der Waals surface area (Å²) in [5, 5.41) is 9.81. The molecule has 1 aromatic heterocycles. The Kier molecular flexibility index (Phi) is 7.72. The third-order valence-electron chi connectivity index (χ3n) is 6.94. The molecule has 2 saturated heterocycles. The maximum atomic E-state index is 13.5. The zero-order chi connectivity index (χ0) is 26.1. The zero-order valence-corrected chi connectivity index (χ0v) is 23.1. The second kappa shape index (κ2) is 10.6. The standard InChI is InChI=1S/C28H32N4O2S2/c1-6-31-25(30-14-18(3)11-19(4)15-30)22(20(5)23(13-29)26(31)33)12-24-27(34)32(28(35)36-24)16-21-9-7-17(2)8-10-21/h7-10,12,18-19H,6,11,14-16H2,1-5H3/b24-12-. The number of piperidine rings is 1. The molecule has 0 aliphatic carbocycles. The number of carbonyl (C=O) groups excluding carboxylic acids is 1. The van der Waals surface area contributed by atoms with Crippen LogP contribution in [0.3, 0.4) is 0 Å². The van der Waals surface area contributed by atoms with E-state index in [-0.39, 0.29) is 17.0 Å². The quantitative estimate of drug-likeness (QED) is 0.397. The van der Waals surface area contributed by atoms with Crippen LogP contribution in [0.2, 0.25) is 0 Å². The van der Waals surface area contributed by atoms with Gasteiger partial charge in [0.15, 0.2) is 0 Å². The second-order valence-electron chi connectivity index (χ2n) is 10.0. The van der Waals surface area contributed by atoms with E-state index in [0.717, 1.165) is 42.0 Å². The maximum Gasteiger partial charge on any atom is 0.270 e. The van der Waals surface area contributed by atoms with E-state index in [4.69, 9.17) is 12.2 Å². The number of rotatable bonds is 5. The molecule has 1 aromatic carbocycles. The number of pyridine rings is 1. The summed E-state index contributed by atoms with van der Waals surface area (Å²) in [5.41, 5.74) is 3.38. The predicted molar refractivity (Wildman–Crippen MR) is 151 cm³/mol. The van der Waals surface area contributed by atoms with Gasteiger partial charge in [-0.25, -0.2) is 0 Å². The Hall–Kier alpha value is -2.89. The predicted octanol–water partition coefficient (Wildman–Crippen LogP) is 5.24. The number of nitrogens with zero attached hydrogens (tertiary/aromatic N) is 4. The van der Waals surface area contributed by atoms with Gasteiger partial charge in [-0.3, -0.25) is 19.1 Å². The monoisotopic (exact) mass is 520 g/mol. The minimum atomic E-state index is -0.276. The molecule has 188 valence electrons. The van der Waals surface area contributed by atoms with Crippen molar-refractivity contribution >= 4 is 46.1 Å². The van der Waals surface area contributed by atoms with Gasteiger partial charge in [0.25, 0.3) is 11.5 Å². The lowest BCUT2D eigenvalue weighted by Crippen LogP contribution is -2.42. The Morgan fingerprint density at radius 1 is 1.14 bits per heavy atom. The molecule has 0 bridgehead atoms. The number of thiocarbonyl (C=S) groups is 1. The molecule has 1 amide bonds. The minimum Gasteiger partial charge on any atom is -0.357 e. The van der Waals surface area contributed by atoms with Crippen molar-refractivity contribution in [3.8, 4) is 6.07 Å². The van der Waals surface area contributed by atoms with Gasteiger partial charge in [-0.1, -0.05) is 67.7 Å². The molecule has 2 aliphatic heterocycles. The number of thioether (sulfide) groups is 1. The summed E-state index contributed by atoms with van der Waals surface area (Å²) < 4.78 is 2.20. The van der Waals surface area contributed by atoms with Crippen LogP contribution < -0.4 is 10.5 Å². The molecule has 0 saturated carbocycles. The molecule has 3 heterocycles. The van der Waals surface area contributed by atoms with Crippen LogP contribution in [0.25, 0.3) is 6.08 Å². The topological polar surface area (TPSA) is 69.3 Å². The normalized spacial score (nSPS) is 21.4. The summed E-state index contributed by atoms with van der Waals surface area (Å²) >= 11 is 6.86. The summed E-state index contributed by atoms with van der Waals surface area (Å²) in [6.45, 7) is 12.7. The fraction of sp³-hybridized carbons (Fsp3) is 0.429. The van der Waals surface area contributed by atoms with E-state index in [1.54, 1.807) is 16.4 Å². The molecule has 2 unspecified atom stereocenters. The number of benzene rings is 1. The van der Waals surface area contributed by atoms with Crippen molar-refractivity contribution < 1.29 is 4.79 Å². The minimum absolute atomic E-state index is 0.125. The van der Waals surface area contributed by atoms with Crippen LogP contribution in [0.1, 0.15) is 55.0 Å². The second-order valence-corrected chi connectivity index (χ2v) is 11.7. The third kappa shape index (κ3) is 5.00. The lowest BCUT2D eigenvalue weighted by atomic mass is 9.91. The van der Waals surface area contributed by atoms with Gasteiger partial charge < -0.3 is 4.90 Å². The summed E-state index contributed by atoms with van der Waals surface area (Å²) in [7, 11) is 0. The van der Waals surface area contributed by atoms with Gasteiger partial charge in [0, 0.05) is 25.2 Å². The molecular formula is C28H32N4O2S2. The van der Waals surface area contributed by atoms with E-state index in [2.05, 4.69) is 24.8 Å². The molecule has 4 rings (SSSR count). The van der Waals surface area contributed by atoms with E-state index in [9.17, 15) is 14.9 Å². The van der Waals surface area contributed by atoms with Crippen molar-refractivity contribution in [1.82, 2.24) is 9.47 Å². The molecule has 2 aromatic rings. The first kappa shape index (κ1) is 26.2. The van der Waals surface area contributed by atoms with Gasteiger partial charge in [-0.2, -0.15) is 5.26 Å². The number of anilines is 1. The van der Waals surface area contributed by atoms with Crippen LogP contribution in [-0.2, 0) is 17.9 Å². The molecule has 2 atom stereocenters. The lowest BCUT2D eigenvalue weighted by Gasteiger charge is -2.38. The molecule has 2 fully saturated rings. The van der Waals surface area contributed by atoms with Crippen molar-refractivity contribution in [2.45, 2.75) is 54.1 Å². The SMILES string of the molecule is CCn1c(N2CC(C)CC(C)C2)c(/C=C2\SC(=S)N(Cc3ccc(C)cc3)C2=O)c(C)c(C#N)c1=O. The Labute approximate surface area is 222 Å². The van der Waals surface area contributed by atoms with Crippen LogP contribution in [-0.4, -0.2) is 32.8 Å². The molecule has 0 radical (unpaired) electrons. The zero-order valence-electron chi connectivity index (χ0n) is 21.5. The number of amides is 1. The average molecular weight is 521 g/mol. The number of aryl methyl sites for hydroxylation is 1. The number of hydrogen-bond acceptors (Lipinski definition) is 6. The Bertz CT molecular complexity index is 1330. The van der Waals surface area contributed by atoms with Crippen LogP contribution in [0.5, 0.6) is 0 Å². The smallest absolute Gasteiger partial charge is 0.270 e. The number of nitriles is 1. The van der Waals surface area contributed by atoms with E-state index in [1.165, 1.54) is 11.8 Å². The fourth-order valence-electron chi connectivity index (χ4n) is 5.26. The number of hydrogen-bond donors (Lipinski definition) is 0. The molecule has 6 nitrogen and oxygen atoms in total. The molecule has 2 aliphatic rings. The molecule has 0 spiro atoms. The van der Waals surface area contributed by atoms with E-state index in [1.807, 2.05) is 44.2 Å². The highest BCUT2D eigenvalue weighted by molar-refractivity contribution is 8.26. The first-order valence-electron chi connectivity index (χ1n) is 12.4. The van der Waals surface area contributed by atoms with Gasteiger partial charge in [0.2, 0.25) is 0 Å². The summed E-state index contributed by atoms with van der Waals surface area (Å²) in [6, 6.07) is 10.2. The maximum absolute atomic E-state index is 13.5. The fourth-order valence-corrected chi connectivity index (χ4v) is 6.49. The van der Waals surface area contributed by atoms with E-state index < -0.39 is 0 Å². The van der Waals surface area contributed by atoms with Gasteiger partial charge >= 0.3 is 0 Å². The Morgan fingerprint density at radius 3 is 2.36 bits per heavy atom. The highest BCUT2D eigenvalue weighted by atomic mass is 32.2. The first-order chi connectivity index (χ1) is 17.1. The van der Waals surface area contributed by atoms with Crippen molar-refractivity contribution in [3.63, 3.8) is 0 Å². The lowest BCUT2D eigenvalue weighted by molar-refractivity contribution is -0.122. The van der Waals surface area contributed by atoms with Gasteiger partial charge in [-0.05, 0) is 56.2 Å². The molecule has 36 heavy (non-hydrogen) atoms. The van der Waals surface area contributed by atoms with Crippen molar-refractivity contribution in [1.29, 1.82) is 5.26 Å². The Balaban J connectivity index is 1.81. The van der Waals surface area contributed by atoms with Crippen LogP contribution in [0.4, 0.5) is 5.82 Å². The number of aromatic nitrogens is 1. The molecule has 0 N–H and O–H groups in total. The van der Waals surface area contributed by atoms with Crippen LogP contribution in [0, 0.1) is 37.0 Å². The van der Waals surface area contributed by atoms with Crippen LogP contribution >= 0.6 is 24.0 Å². The van der Waals surface area contributed by atoms with E-state index >= 15 is 0 Å². The average Bonchev–Trinajstić information content (AvgIpc) is 3.09. The summed E-state index contributed by atoms with van der Waals surface area (Å²) in [6.07, 6.45) is 2.98. The largest absolute Gasteiger partial charge is 0.357 e. The van der Waals surface area contributed by atoms with Gasteiger partial charge in [-0.15, -0.1) is 0 Å². The summed E-state index contributed by atoms with van der Waals surface area (Å²) in [5.74, 6) is 1.60. The third-order valence-corrected chi connectivity index (χ3v) is 8.32. The first-order valence-corrected chi connectivity index (χ1v) is 13.6. The van der Waals surface area contributed by atoms with Crippen LogP contribution in [0.15, 0.2) is 34.0 Å². The summed E-state index contributed by atoms with van der Waals surface area (Å²) in [4.78, 5) is 31.1. The molecule has 8 heteroatoms. The van der Waals surface area contributed by atoms with Gasteiger partial charge in [0.05, 0.1) is 11.4 Å². The van der Waals surface area contributed by atoms with Crippen molar-refractivity contribution in [3.05, 3.63) is 67.3 Å². The van der Waals surface area contributed by atoms with Crippen molar-refractivity contribution in [2.24, 2.45) is 11.8 Å². The number of carbonyl (C=O) groups is 1. The highest BCUT2D eigenvalue weighted by Gasteiger charge is 2.34.